The first-order valence-electron chi connectivity index (χ1n) is 10.1. The molecule has 1 fully saturated rings. The zero-order valence-corrected chi connectivity index (χ0v) is 18.2. The number of nitrogens with one attached hydrogen (secondary N) is 1. The van der Waals surface area contributed by atoms with Gasteiger partial charge in [-0.2, -0.15) is 0 Å². The van der Waals surface area contributed by atoms with Crippen LogP contribution in [-0.2, 0) is 0 Å². The number of carbonyl (C=O) groups is 2. The van der Waals surface area contributed by atoms with Crippen LogP contribution in [0.5, 0.6) is 0 Å². The Balaban J connectivity index is 1.54. The number of amides is 2. The Morgan fingerprint density at radius 2 is 1.70 bits per heavy atom. The molecule has 0 aliphatic carbocycles. The van der Waals surface area contributed by atoms with E-state index in [-0.39, 0.29) is 28.9 Å². The van der Waals surface area contributed by atoms with Crippen LogP contribution in [0.1, 0.15) is 52.1 Å². The van der Waals surface area contributed by atoms with Gasteiger partial charge in [-0.1, -0.05) is 23.7 Å². The Hall–Kier alpha value is -2.44. The second kappa shape index (κ2) is 9.58. The first kappa shape index (κ1) is 22.2. The lowest BCUT2D eigenvalue weighted by molar-refractivity contribution is 0.0826. The number of benzene rings is 2. The van der Waals surface area contributed by atoms with Crippen molar-refractivity contribution in [3.8, 4) is 0 Å². The minimum atomic E-state index is -0.533. The van der Waals surface area contributed by atoms with E-state index >= 15 is 0 Å². The van der Waals surface area contributed by atoms with E-state index in [1.807, 2.05) is 24.3 Å². The Morgan fingerprint density at radius 3 is 2.27 bits per heavy atom. The first-order chi connectivity index (χ1) is 14.3. The summed E-state index contributed by atoms with van der Waals surface area (Å²) in [6.45, 7) is 3.87. The summed E-state index contributed by atoms with van der Waals surface area (Å²) >= 11 is 5.77. The van der Waals surface area contributed by atoms with E-state index in [0.717, 1.165) is 31.5 Å². The summed E-state index contributed by atoms with van der Waals surface area (Å²) in [5.74, 6) is -0.771. The van der Waals surface area contributed by atoms with Crippen molar-refractivity contribution < 1.29 is 14.0 Å². The second-order valence-electron chi connectivity index (χ2n) is 7.91. The third kappa shape index (κ3) is 5.18. The van der Waals surface area contributed by atoms with Gasteiger partial charge in [-0.25, -0.2) is 4.39 Å². The minimum absolute atomic E-state index is 0.00630. The van der Waals surface area contributed by atoms with E-state index in [2.05, 4.69) is 17.1 Å². The number of likely N-dealkylation sites (tertiary alicyclic amines) is 1. The van der Waals surface area contributed by atoms with Crippen LogP contribution < -0.4 is 5.32 Å². The molecule has 1 N–H and O–H groups in total. The van der Waals surface area contributed by atoms with Crippen molar-refractivity contribution >= 4 is 23.4 Å². The summed E-state index contributed by atoms with van der Waals surface area (Å²) in [6, 6.07) is 12.1. The number of halogens is 2. The third-order valence-corrected chi connectivity index (χ3v) is 5.93. The van der Waals surface area contributed by atoms with E-state index in [4.69, 9.17) is 11.6 Å². The lowest BCUT2D eigenvalue weighted by Gasteiger charge is -2.36. The van der Waals surface area contributed by atoms with E-state index in [0.29, 0.717) is 11.1 Å². The van der Waals surface area contributed by atoms with Crippen molar-refractivity contribution in [3.05, 3.63) is 70.0 Å². The van der Waals surface area contributed by atoms with E-state index in [1.54, 1.807) is 19.0 Å². The van der Waals surface area contributed by atoms with E-state index in [9.17, 15) is 14.0 Å². The van der Waals surface area contributed by atoms with Gasteiger partial charge in [0.2, 0.25) is 0 Å². The number of hydrogen-bond donors (Lipinski definition) is 1. The Morgan fingerprint density at radius 1 is 1.10 bits per heavy atom. The molecule has 7 heteroatoms. The van der Waals surface area contributed by atoms with Crippen molar-refractivity contribution in [1.82, 2.24) is 15.1 Å². The second-order valence-corrected chi connectivity index (χ2v) is 8.32. The molecule has 2 aromatic carbocycles. The van der Waals surface area contributed by atoms with Crippen molar-refractivity contribution in [2.75, 3.05) is 27.2 Å². The van der Waals surface area contributed by atoms with Crippen LogP contribution in [0.25, 0.3) is 0 Å². The maximum Gasteiger partial charge on any atom is 0.253 e. The molecule has 0 radical (unpaired) electrons. The molecule has 3 rings (SSSR count). The number of carbonyl (C=O) groups excluding carboxylic acids is 2. The molecular formula is C23H27ClFN3O2. The van der Waals surface area contributed by atoms with Gasteiger partial charge in [0.05, 0.1) is 5.02 Å². The molecule has 30 heavy (non-hydrogen) atoms. The van der Waals surface area contributed by atoms with Crippen LogP contribution in [-0.4, -0.2) is 54.8 Å². The summed E-state index contributed by atoms with van der Waals surface area (Å²) in [5, 5.41) is 2.97. The van der Waals surface area contributed by atoms with Crippen LogP contribution in [0.3, 0.4) is 0 Å². The minimum Gasteiger partial charge on any atom is -0.349 e. The number of rotatable bonds is 5. The van der Waals surface area contributed by atoms with Gasteiger partial charge < -0.3 is 10.2 Å². The average Bonchev–Trinajstić information content (AvgIpc) is 2.75. The van der Waals surface area contributed by atoms with Crippen LogP contribution in [0, 0.1) is 5.82 Å². The largest absolute Gasteiger partial charge is 0.349 e. The van der Waals surface area contributed by atoms with E-state index < -0.39 is 5.82 Å². The molecule has 0 saturated carbocycles. The van der Waals surface area contributed by atoms with Gasteiger partial charge in [0.15, 0.2) is 0 Å². The van der Waals surface area contributed by atoms with Crippen molar-refractivity contribution in [1.29, 1.82) is 0 Å². The fraction of sp³-hybridized carbons (Fsp3) is 0.391. The van der Waals surface area contributed by atoms with Crippen LogP contribution in [0.4, 0.5) is 4.39 Å². The highest BCUT2D eigenvalue weighted by atomic mass is 35.5. The number of hydrogen-bond acceptors (Lipinski definition) is 3. The zero-order chi connectivity index (χ0) is 21.8. The summed E-state index contributed by atoms with van der Waals surface area (Å²) in [7, 11) is 3.49. The molecule has 1 heterocycles. The SMILES string of the molecule is CC(c1ccc(C(=O)N(C)C)cc1)N1CCC(NC(=O)c2ccc(F)c(Cl)c2)CC1. The molecule has 0 bridgehead atoms. The Kier molecular flexibility index (Phi) is 7.10. The first-order valence-corrected chi connectivity index (χ1v) is 10.5. The maximum atomic E-state index is 13.3. The van der Waals surface area contributed by atoms with Crippen LogP contribution in [0.15, 0.2) is 42.5 Å². The van der Waals surface area contributed by atoms with Gasteiger partial charge in [-0.3, -0.25) is 14.5 Å². The predicted octanol–water partition coefficient (Wildman–Crippen LogP) is 4.14. The lowest BCUT2D eigenvalue weighted by atomic mass is 9.99. The molecule has 1 unspecified atom stereocenters. The van der Waals surface area contributed by atoms with Gasteiger partial charge in [0, 0.05) is 50.4 Å². The highest BCUT2D eigenvalue weighted by Crippen LogP contribution is 2.25. The van der Waals surface area contributed by atoms with Crippen LogP contribution >= 0.6 is 11.6 Å². The highest BCUT2D eigenvalue weighted by molar-refractivity contribution is 6.31. The lowest BCUT2D eigenvalue weighted by Crippen LogP contribution is -2.45. The van der Waals surface area contributed by atoms with Crippen LogP contribution in [0.2, 0.25) is 5.02 Å². The molecule has 2 aromatic rings. The molecule has 1 saturated heterocycles. The summed E-state index contributed by atoms with van der Waals surface area (Å²) in [5.41, 5.74) is 2.21. The molecule has 1 atom stereocenters. The highest BCUT2D eigenvalue weighted by Gasteiger charge is 2.25. The monoisotopic (exact) mass is 431 g/mol. The Bertz CT molecular complexity index is 909. The quantitative estimate of drug-likeness (QED) is 0.774. The zero-order valence-electron chi connectivity index (χ0n) is 17.5. The van der Waals surface area contributed by atoms with Crippen molar-refractivity contribution in [3.63, 3.8) is 0 Å². The average molecular weight is 432 g/mol. The van der Waals surface area contributed by atoms with Gasteiger partial charge in [0.1, 0.15) is 5.82 Å². The molecule has 2 amide bonds. The fourth-order valence-electron chi connectivity index (χ4n) is 3.71. The Labute approximate surface area is 181 Å². The molecule has 5 nitrogen and oxygen atoms in total. The third-order valence-electron chi connectivity index (χ3n) is 5.64. The van der Waals surface area contributed by atoms with Gasteiger partial charge in [-0.15, -0.1) is 0 Å². The van der Waals surface area contributed by atoms with Crippen molar-refractivity contribution in [2.45, 2.75) is 31.8 Å². The predicted molar refractivity (Wildman–Crippen MR) is 116 cm³/mol. The smallest absolute Gasteiger partial charge is 0.253 e. The molecule has 0 aromatic heterocycles. The normalized spacial score (nSPS) is 16.2. The molecule has 0 spiro atoms. The summed E-state index contributed by atoms with van der Waals surface area (Å²) in [4.78, 5) is 28.4. The maximum absolute atomic E-state index is 13.3. The number of nitrogens with zero attached hydrogens (tertiary/aromatic N) is 2. The topological polar surface area (TPSA) is 52.7 Å². The molecular weight excluding hydrogens is 405 g/mol. The molecule has 1 aliphatic rings. The van der Waals surface area contributed by atoms with Gasteiger partial charge >= 0.3 is 0 Å². The molecule has 160 valence electrons. The van der Waals surface area contributed by atoms with Gasteiger partial charge in [0.25, 0.3) is 11.8 Å². The van der Waals surface area contributed by atoms with E-state index in [1.165, 1.54) is 18.2 Å². The van der Waals surface area contributed by atoms with Crippen molar-refractivity contribution in [2.24, 2.45) is 0 Å². The fourth-order valence-corrected chi connectivity index (χ4v) is 3.89. The summed E-state index contributed by atoms with van der Waals surface area (Å²) in [6.07, 6.45) is 1.67. The standard InChI is InChI=1S/C23H27ClFN3O2/c1-15(16-4-6-17(7-5-16)23(30)27(2)3)28-12-10-19(11-13-28)26-22(29)18-8-9-21(25)20(24)14-18/h4-9,14-15,19H,10-13H2,1-3H3,(H,26,29). The molecule has 1 aliphatic heterocycles. The number of piperidine rings is 1. The van der Waals surface area contributed by atoms with Gasteiger partial charge in [-0.05, 0) is 55.7 Å². The summed E-state index contributed by atoms with van der Waals surface area (Å²) < 4.78 is 13.3.